The third-order valence-electron chi connectivity index (χ3n) is 1.17. The molecule has 0 saturated carbocycles. The van der Waals surface area contributed by atoms with E-state index in [2.05, 4.69) is 19.2 Å². The Morgan fingerprint density at radius 2 is 1.89 bits per heavy atom. The van der Waals surface area contributed by atoms with Crippen LogP contribution in [0.4, 0.5) is 0 Å². The minimum Gasteiger partial charge on any atom is -0.367 e. The predicted octanol–water partition coefficient (Wildman–Crippen LogP) is 1.22. The molecular formula is C7H17NO. The lowest BCUT2D eigenvalue weighted by Crippen LogP contribution is -2.30. The molecule has 0 heterocycles. The van der Waals surface area contributed by atoms with Crippen LogP contribution in [0.3, 0.4) is 0 Å². The summed E-state index contributed by atoms with van der Waals surface area (Å²) in [4.78, 5) is 0. The Bertz CT molecular complexity index is 63.9. The van der Waals surface area contributed by atoms with E-state index in [1.165, 1.54) is 0 Å². The summed E-state index contributed by atoms with van der Waals surface area (Å²) in [6.07, 6.45) is 0.187. The van der Waals surface area contributed by atoms with Gasteiger partial charge in [0.15, 0.2) is 0 Å². The Morgan fingerprint density at radius 1 is 1.33 bits per heavy atom. The van der Waals surface area contributed by atoms with Gasteiger partial charge in [-0.15, -0.1) is 0 Å². The molecule has 0 spiro atoms. The van der Waals surface area contributed by atoms with Gasteiger partial charge < -0.3 is 4.74 Å². The van der Waals surface area contributed by atoms with E-state index >= 15 is 0 Å². The molecule has 1 atom stereocenters. The maximum Gasteiger partial charge on any atom is 0.104 e. The Hall–Kier alpha value is -0.0800. The van der Waals surface area contributed by atoms with Gasteiger partial charge in [0.2, 0.25) is 0 Å². The van der Waals surface area contributed by atoms with E-state index in [4.69, 9.17) is 4.74 Å². The van der Waals surface area contributed by atoms with E-state index in [1.54, 1.807) is 7.11 Å². The molecule has 0 aromatic rings. The van der Waals surface area contributed by atoms with Crippen LogP contribution < -0.4 is 5.32 Å². The molecule has 1 N–H and O–H groups in total. The van der Waals surface area contributed by atoms with Crippen molar-refractivity contribution in [3.05, 3.63) is 0 Å². The van der Waals surface area contributed by atoms with Crippen LogP contribution in [0.25, 0.3) is 0 Å². The van der Waals surface area contributed by atoms with Crippen LogP contribution in [0.1, 0.15) is 20.8 Å². The van der Waals surface area contributed by atoms with Crippen molar-refractivity contribution < 1.29 is 4.74 Å². The molecular weight excluding hydrogens is 114 g/mol. The molecule has 0 amide bonds. The van der Waals surface area contributed by atoms with Crippen molar-refractivity contribution in [2.45, 2.75) is 27.0 Å². The van der Waals surface area contributed by atoms with Crippen LogP contribution in [0.5, 0.6) is 0 Å². The van der Waals surface area contributed by atoms with Gasteiger partial charge in [-0.1, -0.05) is 13.8 Å². The average molecular weight is 131 g/mol. The highest BCUT2D eigenvalue weighted by molar-refractivity contribution is 4.50. The minimum absolute atomic E-state index is 0.187. The first-order chi connectivity index (χ1) is 4.16. The highest BCUT2D eigenvalue weighted by Crippen LogP contribution is 1.89. The van der Waals surface area contributed by atoms with Crippen molar-refractivity contribution in [2.75, 3.05) is 13.7 Å². The largest absolute Gasteiger partial charge is 0.367 e. The van der Waals surface area contributed by atoms with Crippen LogP contribution in [0, 0.1) is 5.92 Å². The third kappa shape index (κ3) is 5.80. The first-order valence-corrected chi connectivity index (χ1v) is 3.43. The number of ether oxygens (including phenoxy) is 1. The van der Waals surface area contributed by atoms with Gasteiger partial charge in [0.25, 0.3) is 0 Å². The number of methoxy groups -OCH3 is 1. The van der Waals surface area contributed by atoms with Crippen molar-refractivity contribution in [3.8, 4) is 0 Å². The zero-order valence-electron chi connectivity index (χ0n) is 6.77. The highest BCUT2D eigenvalue weighted by atomic mass is 16.5. The van der Waals surface area contributed by atoms with E-state index < -0.39 is 0 Å². The van der Waals surface area contributed by atoms with Crippen LogP contribution >= 0.6 is 0 Å². The quantitative estimate of drug-likeness (QED) is 0.579. The summed E-state index contributed by atoms with van der Waals surface area (Å²) in [6, 6.07) is 0. The molecule has 56 valence electrons. The van der Waals surface area contributed by atoms with E-state index in [1.807, 2.05) is 6.92 Å². The monoisotopic (exact) mass is 131 g/mol. The van der Waals surface area contributed by atoms with Crippen molar-refractivity contribution >= 4 is 0 Å². The third-order valence-corrected chi connectivity index (χ3v) is 1.17. The van der Waals surface area contributed by atoms with Crippen LogP contribution in [-0.4, -0.2) is 19.9 Å². The van der Waals surface area contributed by atoms with Gasteiger partial charge in [0, 0.05) is 7.11 Å². The molecule has 0 rings (SSSR count). The van der Waals surface area contributed by atoms with E-state index in [0.29, 0.717) is 5.92 Å². The second-order valence-electron chi connectivity index (χ2n) is 2.68. The summed E-state index contributed by atoms with van der Waals surface area (Å²) in [7, 11) is 1.71. The lowest BCUT2D eigenvalue weighted by Gasteiger charge is -2.12. The molecule has 0 fully saturated rings. The summed E-state index contributed by atoms with van der Waals surface area (Å²) in [5.41, 5.74) is 0. The molecule has 0 radical (unpaired) electrons. The molecule has 0 bridgehead atoms. The Morgan fingerprint density at radius 3 is 2.22 bits per heavy atom. The molecule has 1 unspecified atom stereocenters. The van der Waals surface area contributed by atoms with Gasteiger partial charge >= 0.3 is 0 Å². The Balaban J connectivity index is 3.06. The molecule has 0 aromatic carbocycles. The van der Waals surface area contributed by atoms with Crippen LogP contribution in [0.15, 0.2) is 0 Å². The Kier molecular flexibility index (Phi) is 4.72. The fourth-order valence-electron chi connectivity index (χ4n) is 0.485. The SMILES string of the molecule is COC(C)NCC(C)C. The second-order valence-corrected chi connectivity index (χ2v) is 2.68. The van der Waals surface area contributed by atoms with Gasteiger partial charge in [-0.25, -0.2) is 0 Å². The topological polar surface area (TPSA) is 21.3 Å². The van der Waals surface area contributed by atoms with Gasteiger partial charge in [-0.2, -0.15) is 0 Å². The second kappa shape index (κ2) is 4.77. The fraction of sp³-hybridized carbons (Fsp3) is 1.00. The molecule has 9 heavy (non-hydrogen) atoms. The van der Waals surface area contributed by atoms with Gasteiger partial charge in [-0.05, 0) is 19.4 Å². The minimum atomic E-state index is 0.187. The number of rotatable bonds is 4. The lowest BCUT2D eigenvalue weighted by atomic mass is 10.2. The smallest absolute Gasteiger partial charge is 0.104 e. The Labute approximate surface area is 57.6 Å². The first kappa shape index (κ1) is 8.92. The van der Waals surface area contributed by atoms with Crippen LogP contribution in [-0.2, 0) is 4.74 Å². The van der Waals surface area contributed by atoms with Gasteiger partial charge in [-0.3, -0.25) is 5.32 Å². The predicted molar refractivity (Wildman–Crippen MR) is 39.3 cm³/mol. The summed E-state index contributed by atoms with van der Waals surface area (Å²) >= 11 is 0. The standard InChI is InChI=1S/C7H17NO/c1-6(2)5-8-7(3)9-4/h6-8H,5H2,1-4H3. The summed E-state index contributed by atoms with van der Waals surface area (Å²) in [5.74, 6) is 0.697. The molecule has 2 nitrogen and oxygen atoms in total. The zero-order chi connectivity index (χ0) is 7.28. The van der Waals surface area contributed by atoms with E-state index in [0.717, 1.165) is 6.54 Å². The van der Waals surface area contributed by atoms with Crippen LogP contribution in [0.2, 0.25) is 0 Å². The average Bonchev–Trinajstić information content (AvgIpc) is 1.83. The zero-order valence-corrected chi connectivity index (χ0v) is 6.77. The van der Waals surface area contributed by atoms with Crippen molar-refractivity contribution in [2.24, 2.45) is 5.92 Å². The summed E-state index contributed by atoms with van der Waals surface area (Å²) in [5, 5.41) is 3.21. The molecule has 2 heteroatoms. The van der Waals surface area contributed by atoms with Crippen molar-refractivity contribution in [1.29, 1.82) is 0 Å². The van der Waals surface area contributed by atoms with E-state index in [9.17, 15) is 0 Å². The molecule has 0 aliphatic carbocycles. The normalized spacial score (nSPS) is 14.3. The highest BCUT2D eigenvalue weighted by Gasteiger charge is 1.97. The maximum atomic E-state index is 4.99. The van der Waals surface area contributed by atoms with Crippen molar-refractivity contribution in [1.82, 2.24) is 5.32 Å². The van der Waals surface area contributed by atoms with Gasteiger partial charge in [0.1, 0.15) is 6.23 Å². The molecule has 0 aromatic heterocycles. The molecule has 0 aliphatic heterocycles. The summed E-state index contributed by atoms with van der Waals surface area (Å²) in [6.45, 7) is 7.38. The van der Waals surface area contributed by atoms with Crippen molar-refractivity contribution in [3.63, 3.8) is 0 Å². The molecule has 0 saturated heterocycles. The maximum absolute atomic E-state index is 4.99. The first-order valence-electron chi connectivity index (χ1n) is 3.43. The van der Waals surface area contributed by atoms with Gasteiger partial charge in [0.05, 0.1) is 0 Å². The number of nitrogens with one attached hydrogen (secondary N) is 1. The lowest BCUT2D eigenvalue weighted by molar-refractivity contribution is 0.0867. The number of hydrogen-bond acceptors (Lipinski definition) is 2. The fourth-order valence-corrected chi connectivity index (χ4v) is 0.485. The number of hydrogen-bond donors (Lipinski definition) is 1. The molecule has 0 aliphatic rings. The van der Waals surface area contributed by atoms with E-state index in [-0.39, 0.29) is 6.23 Å². The summed E-state index contributed by atoms with van der Waals surface area (Å²) < 4.78 is 4.99.